The largest absolute Gasteiger partial charge is 0.872 e. The standard InChI is InChI=1S/C26H32N2O4/c1-5-27(6-2)15-8-16-28-23(19-13-11-18(3)12-14-19)22(25(30)26(28)31)24(29)20-9-7-10-21(17-20)32-4/h7,9-14,17,23,29H,5-6,8,15-16H2,1-4H3. The van der Waals surface area contributed by atoms with Crippen molar-refractivity contribution in [1.82, 2.24) is 4.90 Å². The normalized spacial score (nSPS) is 17.9. The van der Waals surface area contributed by atoms with Crippen molar-refractivity contribution in [3.05, 3.63) is 70.8 Å². The van der Waals surface area contributed by atoms with Crippen LogP contribution in [0.1, 0.15) is 43.0 Å². The third-order valence-corrected chi connectivity index (χ3v) is 6.18. The molecule has 170 valence electrons. The summed E-state index contributed by atoms with van der Waals surface area (Å²) in [4.78, 5) is 29.1. The summed E-state index contributed by atoms with van der Waals surface area (Å²) < 4.78 is 5.23. The third kappa shape index (κ3) is 4.86. The molecule has 6 nitrogen and oxygen atoms in total. The van der Waals surface area contributed by atoms with E-state index in [2.05, 4.69) is 13.8 Å². The second-order valence-electron chi connectivity index (χ2n) is 8.18. The van der Waals surface area contributed by atoms with E-state index in [-0.39, 0.29) is 5.57 Å². The van der Waals surface area contributed by atoms with Crippen LogP contribution in [0.3, 0.4) is 0 Å². The van der Waals surface area contributed by atoms with Crippen LogP contribution in [-0.2, 0) is 9.59 Å². The van der Waals surface area contributed by atoms with E-state index >= 15 is 0 Å². The van der Waals surface area contributed by atoms with Crippen molar-refractivity contribution in [3.63, 3.8) is 0 Å². The van der Waals surface area contributed by atoms with Gasteiger partial charge in [0.25, 0.3) is 5.91 Å². The van der Waals surface area contributed by atoms with Crippen molar-refractivity contribution in [2.45, 2.75) is 33.2 Å². The van der Waals surface area contributed by atoms with Crippen molar-refractivity contribution in [2.24, 2.45) is 0 Å². The predicted octanol–water partition coefficient (Wildman–Crippen LogP) is 1.54. The number of amides is 1. The van der Waals surface area contributed by atoms with Gasteiger partial charge in [-0.05, 0) is 44.0 Å². The van der Waals surface area contributed by atoms with Gasteiger partial charge in [-0.1, -0.05) is 47.7 Å². The lowest BCUT2D eigenvalue weighted by atomic mass is 9.94. The topological polar surface area (TPSA) is 74.1 Å². The highest BCUT2D eigenvalue weighted by atomic mass is 16.5. The average molecular weight is 437 g/mol. The van der Waals surface area contributed by atoms with Crippen molar-refractivity contribution in [2.75, 3.05) is 33.3 Å². The summed E-state index contributed by atoms with van der Waals surface area (Å²) >= 11 is 0. The Morgan fingerprint density at radius 1 is 1.09 bits per heavy atom. The molecule has 0 aromatic heterocycles. The zero-order valence-electron chi connectivity index (χ0n) is 19.3. The number of benzene rings is 2. The predicted molar refractivity (Wildman–Crippen MR) is 122 cm³/mol. The number of methoxy groups -OCH3 is 1. The maximum Gasteiger partial charge on any atom is 0.295 e. The van der Waals surface area contributed by atoms with Crippen LogP contribution in [0.4, 0.5) is 0 Å². The van der Waals surface area contributed by atoms with Crippen LogP contribution in [0.25, 0.3) is 5.76 Å². The van der Waals surface area contributed by atoms with Gasteiger partial charge >= 0.3 is 0 Å². The van der Waals surface area contributed by atoms with E-state index in [0.29, 0.717) is 17.9 Å². The number of ketones is 1. The minimum Gasteiger partial charge on any atom is -0.872 e. The number of nitrogens with zero attached hydrogens (tertiary/aromatic N) is 1. The number of likely N-dealkylation sites (tertiary alicyclic amines) is 1. The Balaban J connectivity index is 2.03. The first-order valence-corrected chi connectivity index (χ1v) is 11.2. The molecule has 1 aliphatic heterocycles. The monoisotopic (exact) mass is 436 g/mol. The molecular formula is C26H32N2O4. The summed E-state index contributed by atoms with van der Waals surface area (Å²) in [6, 6.07) is 13.7. The van der Waals surface area contributed by atoms with Crippen LogP contribution in [-0.4, -0.2) is 49.9 Å². The van der Waals surface area contributed by atoms with E-state index in [4.69, 9.17) is 4.74 Å². The van der Waals surface area contributed by atoms with Gasteiger partial charge in [-0.15, -0.1) is 0 Å². The molecule has 1 N–H and O–H groups in total. The molecule has 6 heteroatoms. The Hall–Kier alpha value is -3.12. The van der Waals surface area contributed by atoms with Crippen LogP contribution in [0.2, 0.25) is 0 Å². The van der Waals surface area contributed by atoms with Gasteiger partial charge in [0, 0.05) is 18.5 Å². The smallest absolute Gasteiger partial charge is 0.295 e. The quantitative estimate of drug-likeness (QED) is 0.368. The van der Waals surface area contributed by atoms with Gasteiger partial charge in [-0.25, -0.2) is 0 Å². The Labute approximate surface area is 190 Å². The molecule has 0 saturated carbocycles. The highest BCUT2D eigenvalue weighted by molar-refractivity contribution is 6.46. The number of carbonyl (C=O) groups is 2. The van der Waals surface area contributed by atoms with Gasteiger partial charge in [-0.2, -0.15) is 0 Å². The van der Waals surface area contributed by atoms with E-state index in [1.165, 1.54) is 12.0 Å². The van der Waals surface area contributed by atoms with Gasteiger partial charge in [0.05, 0.1) is 32.8 Å². The average Bonchev–Trinajstić information content (AvgIpc) is 3.07. The number of hydrogen-bond acceptors (Lipinski definition) is 4. The zero-order chi connectivity index (χ0) is 23.3. The molecule has 1 saturated heterocycles. The van der Waals surface area contributed by atoms with Crippen molar-refractivity contribution in [1.29, 1.82) is 0 Å². The first-order valence-electron chi connectivity index (χ1n) is 11.2. The van der Waals surface area contributed by atoms with Crippen molar-refractivity contribution < 1.29 is 24.3 Å². The van der Waals surface area contributed by atoms with Crippen LogP contribution < -0.4 is 14.7 Å². The highest BCUT2D eigenvalue weighted by Gasteiger charge is 2.43. The summed E-state index contributed by atoms with van der Waals surface area (Å²) in [5.74, 6) is -1.21. The zero-order valence-corrected chi connectivity index (χ0v) is 19.3. The molecule has 2 aromatic rings. The SMILES string of the molecule is CC[NH+](CC)CCCN1C(=O)C(=O)C(=C([O-])c2cccc(OC)c2)C1c1ccc(C)cc1. The van der Waals surface area contributed by atoms with Crippen molar-refractivity contribution >= 4 is 17.4 Å². The van der Waals surface area contributed by atoms with Gasteiger partial charge in [0.15, 0.2) is 0 Å². The molecule has 2 aromatic carbocycles. The molecule has 32 heavy (non-hydrogen) atoms. The molecule has 1 unspecified atom stereocenters. The van der Waals surface area contributed by atoms with Crippen LogP contribution >= 0.6 is 0 Å². The second-order valence-corrected chi connectivity index (χ2v) is 8.18. The summed E-state index contributed by atoms with van der Waals surface area (Å²) in [7, 11) is 1.52. The Morgan fingerprint density at radius 2 is 1.78 bits per heavy atom. The molecule has 0 radical (unpaired) electrons. The summed E-state index contributed by atoms with van der Waals surface area (Å²) in [6.45, 7) is 9.61. The third-order valence-electron chi connectivity index (χ3n) is 6.18. The minimum absolute atomic E-state index is 0.0160. The van der Waals surface area contributed by atoms with Gasteiger partial charge in [-0.3, -0.25) is 9.59 Å². The second kappa shape index (κ2) is 10.5. The molecule has 1 fully saturated rings. The molecule has 0 aliphatic carbocycles. The number of ether oxygens (including phenoxy) is 1. The lowest BCUT2D eigenvalue weighted by Crippen LogP contribution is -3.11. The highest BCUT2D eigenvalue weighted by Crippen LogP contribution is 2.39. The fourth-order valence-electron chi connectivity index (χ4n) is 4.22. The number of Topliss-reactive ketones (excluding diaryl/α,β-unsaturated/α-hetero) is 1. The lowest BCUT2D eigenvalue weighted by molar-refractivity contribution is -0.896. The molecule has 1 heterocycles. The number of carbonyl (C=O) groups excluding carboxylic acids is 2. The number of rotatable bonds is 9. The maximum atomic E-state index is 13.4. The van der Waals surface area contributed by atoms with E-state index in [1.54, 1.807) is 29.2 Å². The summed E-state index contributed by atoms with van der Waals surface area (Å²) in [6.07, 6.45) is 0.763. The number of hydrogen-bond donors (Lipinski definition) is 1. The summed E-state index contributed by atoms with van der Waals surface area (Å²) in [5, 5.41) is 13.4. The van der Waals surface area contributed by atoms with E-state index < -0.39 is 23.5 Å². The molecule has 3 rings (SSSR count). The Kier molecular flexibility index (Phi) is 7.70. The fourth-order valence-corrected chi connectivity index (χ4v) is 4.22. The maximum absolute atomic E-state index is 13.4. The van der Waals surface area contributed by atoms with Crippen molar-refractivity contribution in [3.8, 4) is 5.75 Å². The van der Waals surface area contributed by atoms with E-state index in [9.17, 15) is 14.7 Å². The first-order chi connectivity index (χ1) is 15.4. The molecule has 1 atom stereocenters. The molecule has 1 amide bonds. The summed E-state index contributed by atoms with van der Waals surface area (Å²) in [5.41, 5.74) is 2.20. The Bertz CT molecular complexity index is 993. The fraction of sp³-hybridized carbons (Fsp3) is 0.385. The van der Waals surface area contributed by atoms with E-state index in [0.717, 1.165) is 37.2 Å². The molecule has 1 aliphatic rings. The van der Waals surface area contributed by atoms with E-state index in [1.807, 2.05) is 31.2 Å². The lowest BCUT2D eigenvalue weighted by Gasteiger charge is -2.28. The van der Waals surface area contributed by atoms with Gasteiger partial charge in [0.2, 0.25) is 5.78 Å². The van der Waals surface area contributed by atoms with Crippen LogP contribution in [0, 0.1) is 6.92 Å². The van der Waals surface area contributed by atoms with Crippen LogP contribution in [0.5, 0.6) is 5.75 Å². The minimum atomic E-state index is -0.710. The Morgan fingerprint density at radius 3 is 2.41 bits per heavy atom. The van der Waals surface area contributed by atoms with Gasteiger partial charge < -0.3 is 19.6 Å². The first kappa shape index (κ1) is 23.5. The van der Waals surface area contributed by atoms with Crippen LogP contribution in [0.15, 0.2) is 54.1 Å². The number of quaternary nitrogens is 1. The molecule has 0 spiro atoms. The van der Waals surface area contributed by atoms with Gasteiger partial charge in [0.1, 0.15) is 5.75 Å². The number of nitrogens with one attached hydrogen (secondary N) is 1. The molecular weight excluding hydrogens is 404 g/mol. The number of aryl methyl sites for hydroxylation is 1. The molecule has 0 bridgehead atoms.